The molecule has 0 fully saturated rings. The van der Waals surface area contributed by atoms with Gasteiger partial charge in [-0.05, 0) is 27.2 Å². The molecule has 4 N–H and O–H groups in total. The molecule has 104 valence electrons. The first kappa shape index (κ1) is 16.7. The molecule has 1 unspecified atom stereocenters. The van der Waals surface area contributed by atoms with Crippen molar-refractivity contribution in [1.29, 1.82) is 0 Å². The number of rotatable bonds is 6. The van der Waals surface area contributed by atoms with Crippen LogP contribution in [0, 0.1) is 0 Å². The third-order valence-electron chi connectivity index (χ3n) is 1.85. The van der Waals surface area contributed by atoms with Gasteiger partial charge in [0.1, 0.15) is 11.6 Å². The van der Waals surface area contributed by atoms with Gasteiger partial charge >= 0.3 is 23.7 Å². The van der Waals surface area contributed by atoms with Crippen molar-refractivity contribution >= 4 is 23.7 Å². The number of carboxylic acids is 1. The Morgan fingerprint density at radius 3 is 2.33 bits per heavy atom. The summed E-state index contributed by atoms with van der Waals surface area (Å²) in [7, 11) is 0. The van der Waals surface area contributed by atoms with Crippen LogP contribution in [0.25, 0.3) is 0 Å². The Morgan fingerprint density at radius 1 is 1.39 bits per heavy atom. The van der Waals surface area contributed by atoms with Crippen molar-refractivity contribution in [2.45, 2.75) is 50.6 Å². The number of nitrogens with two attached hydrogens (primary N) is 1. The number of amides is 1. The Labute approximate surface area is 110 Å². The molecule has 18 heavy (non-hydrogen) atoms. The monoisotopic (exact) mass is 279 g/mol. The maximum absolute atomic E-state index is 11.4. The summed E-state index contributed by atoms with van der Waals surface area (Å²) in [6.45, 7) is 5.02. The Balaban J connectivity index is 4.32. The number of nitrogens with one attached hydrogen (secondary N) is 1. The average Bonchev–Trinajstić information content (AvgIpc) is 2.20. The second-order valence-electron chi connectivity index (χ2n) is 4.75. The first-order valence-corrected chi connectivity index (χ1v) is 6.22. The maximum atomic E-state index is 11.4. The Kier molecular flexibility index (Phi) is 6.71. The molecule has 0 aromatic carbocycles. The quantitative estimate of drug-likeness (QED) is 0.480. The Hall–Kier alpha value is -1.28. The van der Waals surface area contributed by atoms with Crippen molar-refractivity contribution < 1.29 is 23.6 Å². The second-order valence-corrected chi connectivity index (χ2v) is 5.55. The van der Waals surface area contributed by atoms with E-state index in [0.29, 0.717) is 0 Å². The molecule has 0 saturated heterocycles. The van der Waals surface area contributed by atoms with Gasteiger partial charge in [-0.25, -0.2) is 9.59 Å². The summed E-state index contributed by atoms with van der Waals surface area (Å²) >= 11 is 0.198. The van der Waals surface area contributed by atoms with Crippen LogP contribution in [0.5, 0.6) is 0 Å². The van der Waals surface area contributed by atoms with Gasteiger partial charge in [-0.3, -0.25) is 5.73 Å². The predicted molar refractivity (Wildman–Crippen MR) is 66.1 cm³/mol. The van der Waals surface area contributed by atoms with Gasteiger partial charge < -0.3 is 15.2 Å². The van der Waals surface area contributed by atoms with Crippen molar-refractivity contribution in [3.05, 3.63) is 0 Å². The minimum atomic E-state index is -1.19. The fourth-order valence-corrected chi connectivity index (χ4v) is 1.32. The number of carboxylic acid groups (broad SMARTS) is 1. The van der Waals surface area contributed by atoms with Gasteiger partial charge in [0, 0.05) is 10.6 Å². The molecule has 0 saturated carbocycles. The average molecular weight is 279 g/mol. The normalized spacial score (nSPS) is 14.4. The smallest absolute Gasteiger partial charge is 0.478 e. The molecule has 0 aliphatic heterocycles. The van der Waals surface area contributed by atoms with E-state index in [-0.39, 0.29) is 24.5 Å². The summed E-state index contributed by atoms with van der Waals surface area (Å²) in [4.78, 5) is 22.3. The largest absolute Gasteiger partial charge is 0.480 e. The predicted octanol–water partition coefficient (Wildman–Crippen LogP) is 0.457. The molecule has 0 aromatic heterocycles. The van der Waals surface area contributed by atoms with E-state index in [4.69, 9.17) is 15.6 Å². The molecule has 7 nitrogen and oxygen atoms in total. The van der Waals surface area contributed by atoms with Gasteiger partial charge in [-0.15, -0.1) is 0 Å². The number of carbonyl (C=O) groups excluding carboxylic acids is 1. The van der Waals surface area contributed by atoms with E-state index in [1.807, 2.05) is 0 Å². The molecule has 0 aromatic rings. The van der Waals surface area contributed by atoms with Crippen LogP contribution >= 0.6 is 0 Å². The highest BCUT2D eigenvalue weighted by molar-refractivity contribution is 7.66. The van der Waals surface area contributed by atoms with Gasteiger partial charge in [-0.1, -0.05) is 0 Å². The van der Waals surface area contributed by atoms with E-state index in [1.54, 1.807) is 20.8 Å². The summed E-state index contributed by atoms with van der Waals surface area (Å²) in [5.74, 6) is -1.19. The fourth-order valence-electron chi connectivity index (χ4n) is 1.09. The number of carbonyl (C=O) groups is 2. The van der Waals surface area contributed by atoms with Gasteiger partial charge in [0.15, 0.2) is 0 Å². The summed E-state index contributed by atoms with van der Waals surface area (Å²) < 4.78 is 15.3. The van der Waals surface area contributed by atoms with E-state index in [9.17, 15) is 13.8 Å². The minimum Gasteiger partial charge on any atom is -0.480 e. The van der Waals surface area contributed by atoms with Crippen molar-refractivity contribution in [2.75, 3.05) is 0 Å². The molecular formula is C10H19N2O5S+. The summed E-state index contributed by atoms with van der Waals surface area (Å²) in [5.41, 5.74) is 4.67. The molecule has 0 spiro atoms. The molecule has 0 heterocycles. The second kappa shape index (κ2) is 7.22. The topological polar surface area (TPSA) is 119 Å². The van der Waals surface area contributed by atoms with Crippen LogP contribution in [0.2, 0.25) is 0 Å². The lowest BCUT2D eigenvalue weighted by Gasteiger charge is -2.21. The summed E-state index contributed by atoms with van der Waals surface area (Å²) in [6, 6.07) is -1.11. The molecule has 0 aliphatic rings. The maximum Gasteiger partial charge on any atom is 0.478 e. The highest BCUT2D eigenvalue weighted by atomic mass is 32.1. The van der Waals surface area contributed by atoms with E-state index in [1.165, 1.54) is 0 Å². The standard InChI is InChI=1S/C10H18N2O5S/c1-10(2,3)17-9(15)12-6(8(13)14)4-5-7(11)18-16/h6-7H,4-5,11H2,1-3H3,(H-,12,13,14,15)/p+1/t6-,7?/m0/s1. The third-order valence-corrected chi connectivity index (χ3v) is 2.34. The SMILES string of the molecule is CC(C)(C)OC(=O)N[C@@H](CCC(N)[S+]=O)C(=O)O. The Bertz CT molecular complexity index is 316. The zero-order chi connectivity index (χ0) is 14.3. The Morgan fingerprint density at radius 2 is 1.94 bits per heavy atom. The van der Waals surface area contributed by atoms with Crippen molar-refractivity contribution in [3.63, 3.8) is 0 Å². The number of alkyl carbamates (subject to hydrolysis) is 1. The van der Waals surface area contributed by atoms with Gasteiger partial charge in [0.25, 0.3) is 5.37 Å². The lowest BCUT2D eigenvalue weighted by molar-refractivity contribution is -0.139. The van der Waals surface area contributed by atoms with E-state index >= 15 is 0 Å². The lowest BCUT2D eigenvalue weighted by atomic mass is 10.1. The molecule has 1 amide bonds. The van der Waals surface area contributed by atoms with Gasteiger partial charge in [0.05, 0.1) is 0 Å². The van der Waals surface area contributed by atoms with Crippen LogP contribution in [0.4, 0.5) is 4.79 Å². The molecule has 0 aliphatic carbocycles. The van der Waals surface area contributed by atoms with E-state index in [0.717, 1.165) is 0 Å². The molecule has 0 bridgehead atoms. The summed E-state index contributed by atoms with van der Waals surface area (Å²) in [6.07, 6.45) is -0.537. The summed E-state index contributed by atoms with van der Waals surface area (Å²) in [5, 5.41) is 10.4. The highest BCUT2D eigenvalue weighted by Gasteiger charge is 2.26. The number of ether oxygens (including phenoxy) is 1. The number of hydrogen-bond acceptors (Lipinski definition) is 5. The minimum absolute atomic E-state index is 0.0744. The molecule has 8 heteroatoms. The number of aliphatic carboxylic acids is 1. The first-order valence-electron chi connectivity index (χ1n) is 5.42. The van der Waals surface area contributed by atoms with Crippen molar-refractivity contribution in [2.24, 2.45) is 5.73 Å². The van der Waals surface area contributed by atoms with Crippen LogP contribution in [-0.2, 0) is 25.4 Å². The van der Waals surface area contributed by atoms with Crippen LogP contribution in [0.15, 0.2) is 0 Å². The first-order chi connectivity index (χ1) is 8.15. The molecule has 0 rings (SSSR count). The third kappa shape index (κ3) is 7.91. The van der Waals surface area contributed by atoms with Gasteiger partial charge in [0.2, 0.25) is 0 Å². The molecular weight excluding hydrogens is 260 g/mol. The van der Waals surface area contributed by atoms with Crippen LogP contribution in [-0.4, -0.2) is 34.2 Å². The van der Waals surface area contributed by atoms with E-state index < -0.39 is 29.1 Å². The van der Waals surface area contributed by atoms with Crippen LogP contribution in [0.1, 0.15) is 33.6 Å². The zero-order valence-corrected chi connectivity index (χ0v) is 11.5. The van der Waals surface area contributed by atoms with Crippen LogP contribution < -0.4 is 11.1 Å². The lowest BCUT2D eigenvalue weighted by Crippen LogP contribution is -2.44. The highest BCUT2D eigenvalue weighted by Crippen LogP contribution is 2.08. The van der Waals surface area contributed by atoms with Crippen molar-refractivity contribution in [3.8, 4) is 0 Å². The van der Waals surface area contributed by atoms with Gasteiger partial charge in [-0.2, -0.15) is 0 Å². The molecule has 0 radical (unpaired) electrons. The van der Waals surface area contributed by atoms with Crippen LogP contribution in [0.3, 0.4) is 0 Å². The van der Waals surface area contributed by atoms with E-state index in [2.05, 4.69) is 5.32 Å². The fraction of sp³-hybridized carbons (Fsp3) is 0.800. The zero-order valence-electron chi connectivity index (χ0n) is 10.6. The number of hydrogen-bond donors (Lipinski definition) is 3. The molecule has 2 atom stereocenters. The van der Waals surface area contributed by atoms with Crippen molar-refractivity contribution in [1.82, 2.24) is 5.32 Å².